The van der Waals surface area contributed by atoms with Gasteiger partial charge in [0.15, 0.2) is 5.13 Å². The molecule has 0 aliphatic heterocycles. The Morgan fingerprint density at radius 3 is 2.45 bits per heavy atom. The molecule has 0 aliphatic carbocycles. The molecule has 5 nitrogen and oxygen atoms in total. The molecular formula is C16H14N4OS. The van der Waals surface area contributed by atoms with E-state index in [1.807, 2.05) is 30.3 Å². The SMILES string of the molecule is Nc1ccc(NC(=O)Nc2ncc(-c3ccccc3)s2)cc1. The molecule has 0 atom stereocenters. The fourth-order valence-electron chi connectivity index (χ4n) is 1.89. The number of benzene rings is 2. The number of carbonyl (C=O) groups is 1. The first-order valence-corrected chi connectivity index (χ1v) is 7.47. The topological polar surface area (TPSA) is 80.0 Å². The summed E-state index contributed by atoms with van der Waals surface area (Å²) in [7, 11) is 0. The van der Waals surface area contributed by atoms with Crippen LogP contribution in [0.15, 0.2) is 60.8 Å². The fourth-order valence-corrected chi connectivity index (χ4v) is 2.71. The zero-order valence-electron chi connectivity index (χ0n) is 11.6. The fraction of sp³-hybridized carbons (Fsp3) is 0. The summed E-state index contributed by atoms with van der Waals surface area (Å²) in [6.45, 7) is 0. The monoisotopic (exact) mass is 310 g/mol. The number of nitrogens with one attached hydrogen (secondary N) is 2. The van der Waals surface area contributed by atoms with Crippen molar-refractivity contribution in [3.63, 3.8) is 0 Å². The van der Waals surface area contributed by atoms with Crippen LogP contribution in [-0.4, -0.2) is 11.0 Å². The molecule has 0 bridgehead atoms. The Morgan fingerprint density at radius 1 is 1.00 bits per heavy atom. The highest BCUT2D eigenvalue weighted by Crippen LogP contribution is 2.28. The molecule has 0 fully saturated rings. The van der Waals surface area contributed by atoms with Crippen LogP contribution in [0.2, 0.25) is 0 Å². The van der Waals surface area contributed by atoms with Gasteiger partial charge in [0.1, 0.15) is 0 Å². The minimum Gasteiger partial charge on any atom is -0.399 e. The minimum absolute atomic E-state index is 0.335. The average molecular weight is 310 g/mol. The first kappa shape index (κ1) is 14.1. The van der Waals surface area contributed by atoms with Crippen LogP contribution in [0.4, 0.5) is 21.3 Å². The zero-order valence-corrected chi connectivity index (χ0v) is 12.4. The standard InChI is InChI=1S/C16H14N4OS/c17-12-6-8-13(9-7-12)19-15(21)20-16-18-10-14(22-16)11-4-2-1-3-5-11/h1-10H,17H2,(H2,18,19,20,21). The Balaban J connectivity index is 1.65. The summed E-state index contributed by atoms with van der Waals surface area (Å²) >= 11 is 1.42. The van der Waals surface area contributed by atoms with E-state index in [1.165, 1.54) is 11.3 Å². The van der Waals surface area contributed by atoms with Crippen LogP contribution >= 0.6 is 11.3 Å². The van der Waals surface area contributed by atoms with E-state index in [0.29, 0.717) is 16.5 Å². The van der Waals surface area contributed by atoms with Crippen molar-refractivity contribution in [1.82, 2.24) is 4.98 Å². The number of amides is 2. The van der Waals surface area contributed by atoms with Gasteiger partial charge in [-0.25, -0.2) is 9.78 Å². The van der Waals surface area contributed by atoms with E-state index in [9.17, 15) is 4.79 Å². The number of anilines is 3. The van der Waals surface area contributed by atoms with Gasteiger partial charge in [-0.2, -0.15) is 0 Å². The van der Waals surface area contributed by atoms with Gasteiger partial charge >= 0.3 is 6.03 Å². The molecule has 2 aromatic carbocycles. The maximum absolute atomic E-state index is 11.9. The van der Waals surface area contributed by atoms with E-state index in [-0.39, 0.29) is 6.03 Å². The molecule has 6 heteroatoms. The van der Waals surface area contributed by atoms with Crippen LogP contribution < -0.4 is 16.4 Å². The lowest BCUT2D eigenvalue weighted by molar-refractivity contribution is 0.262. The third-order valence-corrected chi connectivity index (χ3v) is 3.91. The first-order valence-electron chi connectivity index (χ1n) is 6.65. The second-order valence-corrected chi connectivity index (χ2v) is 5.63. The summed E-state index contributed by atoms with van der Waals surface area (Å²) in [6.07, 6.45) is 1.75. The van der Waals surface area contributed by atoms with Gasteiger partial charge in [0, 0.05) is 17.6 Å². The van der Waals surface area contributed by atoms with Gasteiger partial charge < -0.3 is 11.1 Å². The van der Waals surface area contributed by atoms with E-state index < -0.39 is 0 Å². The molecule has 0 saturated heterocycles. The number of thiazole rings is 1. The van der Waals surface area contributed by atoms with E-state index in [1.54, 1.807) is 30.5 Å². The summed E-state index contributed by atoms with van der Waals surface area (Å²) < 4.78 is 0. The van der Waals surface area contributed by atoms with Gasteiger partial charge in [0.25, 0.3) is 0 Å². The quantitative estimate of drug-likeness (QED) is 0.639. The summed E-state index contributed by atoms with van der Waals surface area (Å²) in [4.78, 5) is 17.1. The van der Waals surface area contributed by atoms with Crippen molar-refractivity contribution >= 4 is 33.9 Å². The molecule has 110 valence electrons. The van der Waals surface area contributed by atoms with Crippen LogP contribution in [0.1, 0.15) is 0 Å². The number of rotatable bonds is 3. The molecule has 3 rings (SSSR count). The number of carbonyl (C=O) groups excluding carboxylic acids is 1. The predicted molar refractivity (Wildman–Crippen MR) is 91.0 cm³/mol. The summed E-state index contributed by atoms with van der Waals surface area (Å²) in [5, 5.41) is 6.00. The highest BCUT2D eigenvalue weighted by atomic mass is 32.1. The Bertz CT molecular complexity index is 768. The largest absolute Gasteiger partial charge is 0.399 e. The van der Waals surface area contributed by atoms with Crippen molar-refractivity contribution < 1.29 is 4.79 Å². The van der Waals surface area contributed by atoms with Gasteiger partial charge in [0.05, 0.1) is 4.88 Å². The molecule has 0 radical (unpaired) electrons. The van der Waals surface area contributed by atoms with Gasteiger partial charge in [-0.1, -0.05) is 41.7 Å². The number of urea groups is 1. The second kappa shape index (κ2) is 6.28. The Labute approximate surface area is 131 Å². The molecule has 1 heterocycles. The molecule has 0 unspecified atom stereocenters. The maximum Gasteiger partial charge on any atom is 0.325 e. The Kier molecular flexibility index (Phi) is 4.02. The molecule has 0 saturated carbocycles. The van der Waals surface area contributed by atoms with Gasteiger partial charge in [0.2, 0.25) is 0 Å². The minimum atomic E-state index is -0.335. The normalized spacial score (nSPS) is 10.2. The third kappa shape index (κ3) is 3.42. The van der Waals surface area contributed by atoms with Crippen molar-refractivity contribution in [2.24, 2.45) is 0 Å². The average Bonchev–Trinajstić information content (AvgIpc) is 2.99. The lowest BCUT2D eigenvalue weighted by atomic mass is 10.2. The lowest BCUT2D eigenvalue weighted by Crippen LogP contribution is -2.19. The molecule has 0 spiro atoms. The molecule has 3 aromatic rings. The van der Waals surface area contributed by atoms with Crippen LogP contribution in [0.3, 0.4) is 0 Å². The van der Waals surface area contributed by atoms with Gasteiger partial charge in [-0.15, -0.1) is 0 Å². The van der Waals surface area contributed by atoms with Gasteiger partial charge in [-0.3, -0.25) is 5.32 Å². The maximum atomic E-state index is 11.9. The summed E-state index contributed by atoms with van der Waals surface area (Å²) in [6, 6.07) is 16.5. The van der Waals surface area contributed by atoms with Crippen LogP contribution in [0.5, 0.6) is 0 Å². The number of nitrogens with zero attached hydrogens (tertiary/aromatic N) is 1. The van der Waals surface area contributed by atoms with Crippen molar-refractivity contribution in [2.45, 2.75) is 0 Å². The highest BCUT2D eigenvalue weighted by Gasteiger charge is 2.08. The highest BCUT2D eigenvalue weighted by molar-refractivity contribution is 7.19. The number of hydrogen-bond donors (Lipinski definition) is 3. The molecule has 1 aromatic heterocycles. The molecular weight excluding hydrogens is 296 g/mol. The first-order chi connectivity index (χ1) is 10.7. The number of nitrogen functional groups attached to an aromatic ring is 1. The van der Waals surface area contributed by atoms with E-state index in [4.69, 9.17) is 5.73 Å². The molecule has 2 amide bonds. The second-order valence-electron chi connectivity index (χ2n) is 4.60. The van der Waals surface area contributed by atoms with Crippen LogP contribution in [-0.2, 0) is 0 Å². The number of nitrogens with two attached hydrogens (primary N) is 1. The van der Waals surface area contributed by atoms with Crippen LogP contribution in [0, 0.1) is 0 Å². The van der Waals surface area contributed by atoms with E-state index >= 15 is 0 Å². The summed E-state index contributed by atoms with van der Waals surface area (Å²) in [5.41, 5.74) is 8.00. The number of aromatic nitrogens is 1. The lowest BCUT2D eigenvalue weighted by Gasteiger charge is -2.05. The molecule has 0 aliphatic rings. The smallest absolute Gasteiger partial charge is 0.325 e. The zero-order chi connectivity index (χ0) is 15.4. The van der Waals surface area contributed by atoms with E-state index in [2.05, 4.69) is 15.6 Å². The van der Waals surface area contributed by atoms with Crippen molar-refractivity contribution in [3.05, 3.63) is 60.8 Å². The molecule has 22 heavy (non-hydrogen) atoms. The van der Waals surface area contributed by atoms with Crippen molar-refractivity contribution in [1.29, 1.82) is 0 Å². The number of hydrogen-bond acceptors (Lipinski definition) is 4. The van der Waals surface area contributed by atoms with Crippen molar-refractivity contribution in [2.75, 3.05) is 16.4 Å². The molecule has 4 N–H and O–H groups in total. The van der Waals surface area contributed by atoms with Crippen LogP contribution in [0.25, 0.3) is 10.4 Å². The van der Waals surface area contributed by atoms with Crippen molar-refractivity contribution in [3.8, 4) is 10.4 Å². The summed E-state index contributed by atoms with van der Waals surface area (Å²) in [5.74, 6) is 0. The Morgan fingerprint density at radius 2 is 1.73 bits per heavy atom. The predicted octanol–water partition coefficient (Wildman–Crippen LogP) is 4.04. The Hall–Kier alpha value is -2.86. The van der Waals surface area contributed by atoms with E-state index in [0.717, 1.165) is 10.4 Å². The van der Waals surface area contributed by atoms with Gasteiger partial charge in [-0.05, 0) is 29.8 Å². The third-order valence-electron chi connectivity index (χ3n) is 2.95.